The summed E-state index contributed by atoms with van der Waals surface area (Å²) >= 11 is 0. The van der Waals surface area contributed by atoms with Gasteiger partial charge < -0.3 is 28.8 Å². The Labute approximate surface area is 166 Å². The molecule has 0 saturated heterocycles. The van der Waals surface area contributed by atoms with E-state index in [2.05, 4.69) is 10.5 Å². The fraction of sp³-hybridized carbons (Fsp3) is 0.250. The van der Waals surface area contributed by atoms with E-state index in [0.717, 1.165) is 0 Å². The standard InChI is InChI=1S/C20H20N2O7/c1-12(13-7-8-15(17(9-13)26-2)28-11-19(23)24)21-22-20(25)18-10-27-14-5-3-4-6-16(14)29-18/h3-9,18H,10-11H2,1-2H3,(H,22,25)(H,23,24)/p-1/b21-12-/t18-/m1/s1. The number of hydrazone groups is 1. The summed E-state index contributed by atoms with van der Waals surface area (Å²) in [6.07, 6.45) is -0.823. The lowest BCUT2D eigenvalue weighted by molar-refractivity contribution is -0.307. The minimum absolute atomic E-state index is 0.0791. The highest BCUT2D eigenvalue weighted by atomic mass is 16.6. The quantitative estimate of drug-likeness (QED) is 0.532. The summed E-state index contributed by atoms with van der Waals surface area (Å²) < 4.78 is 21.5. The molecule has 2 aromatic rings. The zero-order valence-corrected chi connectivity index (χ0v) is 15.8. The minimum Gasteiger partial charge on any atom is -0.546 e. The number of rotatable bonds is 7. The van der Waals surface area contributed by atoms with E-state index in [1.165, 1.54) is 7.11 Å². The van der Waals surface area contributed by atoms with Crippen molar-refractivity contribution < 1.29 is 33.6 Å². The first-order valence-corrected chi connectivity index (χ1v) is 8.71. The molecule has 0 saturated carbocycles. The lowest BCUT2D eigenvalue weighted by Crippen LogP contribution is -2.42. The number of hydrogen-bond donors (Lipinski definition) is 1. The maximum absolute atomic E-state index is 12.3. The number of para-hydroxylation sites is 2. The number of hydrogen-bond acceptors (Lipinski definition) is 8. The van der Waals surface area contributed by atoms with E-state index < -0.39 is 24.6 Å². The molecule has 1 aliphatic rings. The topological polar surface area (TPSA) is 119 Å². The predicted octanol–water partition coefficient (Wildman–Crippen LogP) is 0.504. The third kappa shape index (κ3) is 4.95. The molecule has 2 aromatic carbocycles. The van der Waals surface area contributed by atoms with Gasteiger partial charge in [-0.1, -0.05) is 12.1 Å². The Bertz CT molecular complexity index is 942. The Balaban J connectivity index is 1.65. The summed E-state index contributed by atoms with van der Waals surface area (Å²) in [5, 5.41) is 14.6. The van der Waals surface area contributed by atoms with Gasteiger partial charge >= 0.3 is 0 Å². The number of ether oxygens (including phenoxy) is 4. The van der Waals surface area contributed by atoms with E-state index >= 15 is 0 Å². The van der Waals surface area contributed by atoms with Crippen molar-refractivity contribution in [2.24, 2.45) is 5.10 Å². The molecular formula is C20H19N2O7-. The molecule has 0 unspecified atom stereocenters. The lowest BCUT2D eigenvalue weighted by Gasteiger charge is -2.24. The number of aliphatic carboxylic acids is 1. The zero-order valence-electron chi connectivity index (χ0n) is 15.8. The maximum Gasteiger partial charge on any atom is 0.284 e. The highest BCUT2D eigenvalue weighted by molar-refractivity contribution is 6.00. The first-order chi connectivity index (χ1) is 14.0. The molecule has 0 bridgehead atoms. The Morgan fingerprint density at radius 1 is 1.21 bits per heavy atom. The molecule has 152 valence electrons. The first kappa shape index (κ1) is 20.0. The van der Waals surface area contributed by atoms with Gasteiger partial charge in [0, 0.05) is 5.56 Å². The van der Waals surface area contributed by atoms with Gasteiger partial charge in [-0.3, -0.25) is 4.79 Å². The van der Waals surface area contributed by atoms with Gasteiger partial charge in [0.15, 0.2) is 23.0 Å². The summed E-state index contributed by atoms with van der Waals surface area (Å²) in [7, 11) is 1.43. The van der Waals surface area contributed by atoms with Crippen molar-refractivity contribution in [3.63, 3.8) is 0 Å². The molecule has 29 heavy (non-hydrogen) atoms. The van der Waals surface area contributed by atoms with E-state index in [1.807, 2.05) is 6.07 Å². The van der Waals surface area contributed by atoms with Crippen molar-refractivity contribution in [3.05, 3.63) is 48.0 Å². The van der Waals surface area contributed by atoms with Crippen LogP contribution in [-0.4, -0.2) is 44.0 Å². The largest absolute Gasteiger partial charge is 0.546 e. The van der Waals surface area contributed by atoms with Crippen LogP contribution in [-0.2, 0) is 9.59 Å². The fourth-order valence-electron chi connectivity index (χ4n) is 2.57. The van der Waals surface area contributed by atoms with Gasteiger partial charge in [-0.15, -0.1) is 0 Å². The first-order valence-electron chi connectivity index (χ1n) is 8.71. The van der Waals surface area contributed by atoms with Gasteiger partial charge in [-0.05, 0) is 37.3 Å². The molecule has 0 fully saturated rings. The molecule has 9 nitrogen and oxygen atoms in total. The van der Waals surface area contributed by atoms with Crippen molar-refractivity contribution in [3.8, 4) is 23.0 Å². The van der Waals surface area contributed by atoms with Crippen LogP contribution >= 0.6 is 0 Å². The average Bonchev–Trinajstić information content (AvgIpc) is 2.75. The molecule has 1 amide bonds. The highest BCUT2D eigenvalue weighted by Crippen LogP contribution is 2.31. The molecule has 1 N–H and O–H groups in total. The van der Waals surface area contributed by atoms with Gasteiger partial charge in [0.1, 0.15) is 13.2 Å². The smallest absolute Gasteiger partial charge is 0.284 e. The molecule has 1 atom stereocenters. The van der Waals surface area contributed by atoms with Crippen molar-refractivity contribution in [2.45, 2.75) is 13.0 Å². The van der Waals surface area contributed by atoms with E-state index in [1.54, 1.807) is 43.3 Å². The second kappa shape index (κ2) is 8.96. The number of amides is 1. The van der Waals surface area contributed by atoms with E-state index in [9.17, 15) is 14.7 Å². The van der Waals surface area contributed by atoms with Crippen LogP contribution in [0.15, 0.2) is 47.6 Å². The normalized spacial score (nSPS) is 15.4. The van der Waals surface area contributed by atoms with Gasteiger partial charge in [-0.2, -0.15) is 5.10 Å². The fourth-order valence-corrected chi connectivity index (χ4v) is 2.57. The molecule has 3 rings (SSSR count). The number of benzene rings is 2. The lowest BCUT2D eigenvalue weighted by atomic mass is 10.1. The summed E-state index contributed by atoms with van der Waals surface area (Å²) in [4.78, 5) is 22.9. The molecule has 9 heteroatoms. The van der Waals surface area contributed by atoms with Crippen LogP contribution in [0.1, 0.15) is 12.5 Å². The minimum atomic E-state index is -1.34. The Kier molecular flexibility index (Phi) is 6.18. The number of carbonyl (C=O) groups is 2. The van der Waals surface area contributed by atoms with Crippen LogP contribution < -0.4 is 29.5 Å². The van der Waals surface area contributed by atoms with Crippen LogP contribution in [0, 0.1) is 0 Å². The maximum atomic E-state index is 12.3. The summed E-state index contributed by atoms with van der Waals surface area (Å²) in [6.45, 7) is 1.19. The van der Waals surface area contributed by atoms with Crippen LogP contribution in [0.4, 0.5) is 0 Å². The van der Waals surface area contributed by atoms with E-state index in [0.29, 0.717) is 28.5 Å². The van der Waals surface area contributed by atoms with Gasteiger partial charge in [0.2, 0.25) is 6.10 Å². The van der Waals surface area contributed by atoms with Crippen molar-refractivity contribution in [2.75, 3.05) is 20.3 Å². The number of methoxy groups -OCH3 is 1. The predicted molar refractivity (Wildman–Crippen MR) is 100 cm³/mol. The molecule has 1 heterocycles. The van der Waals surface area contributed by atoms with Crippen LogP contribution in [0.5, 0.6) is 23.0 Å². The molecule has 0 aromatic heterocycles. The number of nitrogens with one attached hydrogen (secondary N) is 1. The zero-order chi connectivity index (χ0) is 20.8. The summed E-state index contributed by atoms with van der Waals surface area (Å²) in [5.41, 5.74) is 3.61. The number of carbonyl (C=O) groups excluding carboxylic acids is 2. The van der Waals surface area contributed by atoms with E-state index in [-0.39, 0.29) is 12.4 Å². The van der Waals surface area contributed by atoms with Gasteiger partial charge in [-0.25, -0.2) is 5.43 Å². The monoisotopic (exact) mass is 399 g/mol. The summed E-state index contributed by atoms with van der Waals surface area (Å²) in [6, 6.07) is 11.9. The van der Waals surface area contributed by atoms with Crippen molar-refractivity contribution in [1.29, 1.82) is 0 Å². The Hall–Kier alpha value is -3.75. The highest BCUT2D eigenvalue weighted by Gasteiger charge is 2.27. The second-order valence-electron chi connectivity index (χ2n) is 6.06. The van der Waals surface area contributed by atoms with Crippen LogP contribution in [0.3, 0.4) is 0 Å². The molecule has 0 aliphatic carbocycles. The number of nitrogens with zero attached hydrogens (tertiary/aromatic N) is 1. The molecule has 0 radical (unpaired) electrons. The number of carboxylic acid groups (broad SMARTS) is 1. The third-order valence-corrected chi connectivity index (χ3v) is 4.06. The molecule has 1 aliphatic heterocycles. The van der Waals surface area contributed by atoms with Crippen molar-refractivity contribution >= 4 is 17.6 Å². The summed E-state index contributed by atoms with van der Waals surface area (Å²) in [5.74, 6) is -0.123. The van der Waals surface area contributed by atoms with Crippen LogP contribution in [0.2, 0.25) is 0 Å². The molecule has 0 spiro atoms. The van der Waals surface area contributed by atoms with Gasteiger partial charge in [0.05, 0.1) is 18.8 Å². The molecular weight excluding hydrogens is 380 g/mol. The van der Waals surface area contributed by atoms with Gasteiger partial charge in [0.25, 0.3) is 5.91 Å². The Morgan fingerprint density at radius 2 is 1.97 bits per heavy atom. The third-order valence-electron chi connectivity index (χ3n) is 4.06. The SMILES string of the molecule is COc1cc(/C(C)=N\NC(=O)[C@H]2COc3ccccc3O2)ccc1OCC(=O)[O-]. The second-order valence-corrected chi connectivity index (χ2v) is 6.06. The number of carboxylic acids is 1. The Morgan fingerprint density at radius 3 is 2.69 bits per heavy atom. The van der Waals surface area contributed by atoms with Crippen molar-refractivity contribution in [1.82, 2.24) is 5.43 Å². The average molecular weight is 399 g/mol. The van der Waals surface area contributed by atoms with E-state index in [4.69, 9.17) is 18.9 Å². The number of fused-ring (bicyclic) bond motifs is 1. The van der Waals surface area contributed by atoms with Crippen LogP contribution in [0.25, 0.3) is 0 Å².